The Bertz CT molecular complexity index is 250. The zero-order chi connectivity index (χ0) is 11.4. The Balaban J connectivity index is 2.48. The molecule has 0 spiro atoms. The molecule has 1 amide bonds. The summed E-state index contributed by atoms with van der Waals surface area (Å²) in [6, 6.07) is 0. The number of hydrogen-bond acceptors (Lipinski definition) is 3. The van der Waals surface area contributed by atoms with Crippen LogP contribution in [-0.4, -0.2) is 37.0 Å². The lowest BCUT2D eigenvalue weighted by atomic mass is 9.86. The van der Waals surface area contributed by atoms with Crippen LogP contribution in [0.5, 0.6) is 0 Å². The summed E-state index contributed by atoms with van der Waals surface area (Å²) >= 11 is 0. The molecule has 1 rings (SSSR count). The van der Waals surface area contributed by atoms with E-state index < -0.39 is 0 Å². The van der Waals surface area contributed by atoms with Gasteiger partial charge in [-0.1, -0.05) is 0 Å². The average molecular weight is 213 g/mol. The van der Waals surface area contributed by atoms with Crippen LogP contribution in [0, 0.1) is 5.92 Å². The van der Waals surface area contributed by atoms with Crippen LogP contribution in [0.15, 0.2) is 0 Å². The lowest BCUT2D eigenvalue weighted by Gasteiger charge is -2.29. The SMILES string of the molecule is CC(=O)O[C@@H]1CCC[C@H](C(=O)N(C)C)C1. The first kappa shape index (κ1) is 12.0. The molecule has 4 heteroatoms. The highest BCUT2D eigenvalue weighted by atomic mass is 16.5. The molecule has 86 valence electrons. The van der Waals surface area contributed by atoms with Gasteiger partial charge in [-0.3, -0.25) is 9.59 Å². The molecule has 0 radical (unpaired) electrons. The average Bonchev–Trinajstić information content (AvgIpc) is 2.16. The Kier molecular flexibility index (Phi) is 4.12. The Morgan fingerprint density at radius 1 is 1.27 bits per heavy atom. The van der Waals surface area contributed by atoms with Crippen molar-refractivity contribution in [1.82, 2.24) is 4.90 Å². The van der Waals surface area contributed by atoms with E-state index in [-0.39, 0.29) is 23.9 Å². The summed E-state index contributed by atoms with van der Waals surface area (Å²) in [6.07, 6.45) is 3.37. The van der Waals surface area contributed by atoms with Crippen molar-refractivity contribution in [2.45, 2.75) is 38.7 Å². The number of rotatable bonds is 2. The highest BCUT2D eigenvalue weighted by molar-refractivity contribution is 5.78. The minimum atomic E-state index is -0.252. The molecule has 1 aliphatic carbocycles. The van der Waals surface area contributed by atoms with Crippen molar-refractivity contribution >= 4 is 11.9 Å². The Morgan fingerprint density at radius 2 is 1.93 bits per heavy atom. The summed E-state index contributed by atoms with van der Waals surface area (Å²) in [4.78, 5) is 24.1. The standard InChI is InChI=1S/C11H19NO3/c1-8(13)15-10-6-4-5-9(7-10)11(14)12(2)3/h9-10H,4-7H2,1-3H3/t9-,10+/m0/s1. The second kappa shape index (κ2) is 5.14. The zero-order valence-corrected chi connectivity index (χ0v) is 9.66. The van der Waals surface area contributed by atoms with Crippen molar-refractivity contribution in [1.29, 1.82) is 0 Å². The second-order valence-corrected chi connectivity index (χ2v) is 4.33. The van der Waals surface area contributed by atoms with Crippen molar-refractivity contribution < 1.29 is 14.3 Å². The molecule has 0 aromatic heterocycles. The van der Waals surface area contributed by atoms with Crippen LogP contribution in [0.25, 0.3) is 0 Å². The highest BCUT2D eigenvalue weighted by Crippen LogP contribution is 2.27. The number of carbonyl (C=O) groups is 2. The van der Waals surface area contributed by atoms with Crippen LogP contribution < -0.4 is 0 Å². The van der Waals surface area contributed by atoms with E-state index in [1.165, 1.54) is 6.92 Å². The third kappa shape index (κ3) is 3.53. The van der Waals surface area contributed by atoms with Crippen LogP contribution in [-0.2, 0) is 14.3 Å². The second-order valence-electron chi connectivity index (χ2n) is 4.33. The Morgan fingerprint density at radius 3 is 2.47 bits per heavy atom. The Labute approximate surface area is 90.6 Å². The van der Waals surface area contributed by atoms with E-state index in [1.807, 2.05) is 0 Å². The molecule has 0 aromatic carbocycles. The maximum atomic E-state index is 11.7. The van der Waals surface area contributed by atoms with Gasteiger partial charge in [-0.2, -0.15) is 0 Å². The van der Waals surface area contributed by atoms with Crippen LogP contribution >= 0.6 is 0 Å². The van der Waals surface area contributed by atoms with Gasteiger partial charge in [0.2, 0.25) is 5.91 Å². The molecule has 1 saturated carbocycles. The normalized spacial score (nSPS) is 25.8. The quantitative estimate of drug-likeness (QED) is 0.647. The fourth-order valence-electron chi connectivity index (χ4n) is 2.08. The summed E-state index contributed by atoms with van der Waals surface area (Å²) in [5.41, 5.74) is 0. The molecule has 0 N–H and O–H groups in total. The van der Waals surface area contributed by atoms with Gasteiger partial charge in [-0.15, -0.1) is 0 Å². The number of amides is 1. The molecule has 4 nitrogen and oxygen atoms in total. The fourth-order valence-corrected chi connectivity index (χ4v) is 2.08. The summed E-state index contributed by atoms with van der Waals surface area (Å²) in [7, 11) is 3.52. The number of hydrogen-bond donors (Lipinski definition) is 0. The molecule has 0 aromatic rings. The Hall–Kier alpha value is -1.06. The van der Waals surface area contributed by atoms with Gasteiger partial charge in [0.25, 0.3) is 0 Å². The third-order valence-electron chi connectivity index (χ3n) is 2.75. The van der Waals surface area contributed by atoms with Crippen LogP contribution in [0.4, 0.5) is 0 Å². The highest BCUT2D eigenvalue weighted by Gasteiger charge is 2.29. The minimum absolute atomic E-state index is 0.0260. The predicted molar refractivity (Wildman–Crippen MR) is 56.2 cm³/mol. The van der Waals surface area contributed by atoms with Gasteiger partial charge in [-0.05, 0) is 25.7 Å². The topological polar surface area (TPSA) is 46.6 Å². The smallest absolute Gasteiger partial charge is 0.302 e. The van der Waals surface area contributed by atoms with E-state index in [4.69, 9.17) is 4.74 Å². The monoisotopic (exact) mass is 213 g/mol. The molecule has 15 heavy (non-hydrogen) atoms. The van der Waals surface area contributed by atoms with E-state index >= 15 is 0 Å². The third-order valence-corrected chi connectivity index (χ3v) is 2.75. The van der Waals surface area contributed by atoms with Crippen molar-refractivity contribution in [3.63, 3.8) is 0 Å². The van der Waals surface area contributed by atoms with E-state index in [2.05, 4.69) is 0 Å². The lowest BCUT2D eigenvalue weighted by molar-refractivity contribution is -0.151. The van der Waals surface area contributed by atoms with Crippen LogP contribution in [0.1, 0.15) is 32.6 Å². The van der Waals surface area contributed by atoms with Crippen molar-refractivity contribution in [2.75, 3.05) is 14.1 Å². The number of ether oxygens (including phenoxy) is 1. The van der Waals surface area contributed by atoms with Crippen molar-refractivity contribution in [3.05, 3.63) is 0 Å². The van der Waals surface area contributed by atoms with E-state index in [9.17, 15) is 9.59 Å². The predicted octanol–water partition coefficient (Wildman–Crippen LogP) is 1.20. The molecule has 0 bridgehead atoms. The van der Waals surface area contributed by atoms with Crippen molar-refractivity contribution in [3.8, 4) is 0 Å². The maximum absolute atomic E-state index is 11.7. The summed E-state index contributed by atoms with van der Waals surface area (Å²) < 4.78 is 5.14. The van der Waals surface area contributed by atoms with Crippen LogP contribution in [0.2, 0.25) is 0 Å². The van der Waals surface area contributed by atoms with Gasteiger partial charge in [-0.25, -0.2) is 0 Å². The number of nitrogens with zero attached hydrogens (tertiary/aromatic N) is 1. The van der Waals surface area contributed by atoms with Crippen molar-refractivity contribution in [2.24, 2.45) is 5.92 Å². The molecular weight excluding hydrogens is 194 g/mol. The molecule has 0 unspecified atom stereocenters. The first-order chi connectivity index (χ1) is 7.00. The summed E-state index contributed by atoms with van der Waals surface area (Å²) in [5.74, 6) is -0.0806. The summed E-state index contributed by atoms with van der Waals surface area (Å²) in [6.45, 7) is 1.41. The van der Waals surface area contributed by atoms with Gasteiger partial charge >= 0.3 is 5.97 Å². The largest absolute Gasteiger partial charge is 0.463 e. The first-order valence-corrected chi connectivity index (χ1v) is 5.39. The molecule has 1 aliphatic rings. The number of esters is 1. The van der Waals surface area contributed by atoms with Gasteiger partial charge in [0.1, 0.15) is 6.10 Å². The van der Waals surface area contributed by atoms with Gasteiger partial charge in [0, 0.05) is 26.9 Å². The van der Waals surface area contributed by atoms with E-state index in [0.29, 0.717) is 6.42 Å². The molecule has 0 saturated heterocycles. The molecule has 0 heterocycles. The maximum Gasteiger partial charge on any atom is 0.302 e. The zero-order valence-electron chi connectivity index (χ0n) is 9.66. The molecule has 1 fully saturated rings. The van der Waals surface area contributed by atoms with Gasteiger partial charge in [0.05, 0.1) is 0 Å². The van der Waals surface area contributed by atoms with Crippen LogP contribution in [0.3, 0.4) is 0 Å². The summed E-state index contributed by atoms with van der Waals surface area (Å²) in [5, 5.41) is 0. The molecule has 0 aliphatic heterocycles. The van der Waals surface area contributed by atoms with E-state index in [1.54, 1.807) is 19.0 Å². The molecular formula is C11H19NO3. The molecule has 2 atom stereocenters. The number of carbonyl (C=O) groups excluding carboxylic acids is 2. The lowest BCUT2D eigenvalue weighted by Crippen LogP contribution is -2.35. The van der Waals surface area contributed by atoms with Gasteiger partial charge < -0.3 is 9.64 Å². The minimum Gasteiger partial charge on any atom is -0.463 e. The first-order valence-electron chi connectivity index (χ1n) is 5.39. The van der Waals surface area contributed by atoms with Gasteiger partial charge in [0.15, 0.2) is 0 Å². The fraction of sp³-hybridized carbons (Fsp3) is 0.818. The van der Waals surface area contributed by atoms with E-state index in [0.717, 1.165) is 19.3 Å².